The smallest absolute Gasteiger partial charge is 0.216 e. The molecule has 1 rings (SSSR count). The number of allylic oxidation sites excluding steroid dienone is 1. The quantitative estimate of drug-likeness (QED) is 0.717. The standard InChI is InChI=1S/C12H17NO2S/c1-2-3-4-5-8-11-16(14,15)12-9-6-7-10-13-12/h6-11H,2-5H2,1H3/b11-8+. The lowest BCUT2D eigenvalue weighted by molar-refractivity contribution is 0.601. The molecular weight excluding hydrogens is 222 g/mol. The Kier molecular flexibility index (Phi) is 5.19. The van der Waals surface area contributed by atoms with E-state index in [1.807, 2.05) is 0 Å². The predicted molar refractivity (Wildman–Crippen MR) is 64.7 cm³/mol. The van der Waals surface area contributed by atoms with E-state index in [1.54, 1.807) is 18.2 Å². The van der Waals surface area contributed by atoms with Gasteiger partial charge < -0.3 is 0 Å². The number of hydrogen-bond acceptors (Lipinski definition) is 3. The fourth-order valence-electron chi connectivity index (χ4n) is 1.29. The molecule has 0 aliphatic carbocycles. The lowest BCUT2D eigenvalue weighted by Gasteiger charge is -1.96. The zero-order valence-electron chi connectivity index (χ0n) is 9.46. The van der Waals surface area contributed by atoms with Gasteiger partial charge in [-0.25, -0.2) is 13.4 Å². The highest BCUT2D eigenvalue weighted by atomic mass is 32.2. The van der Waals surface area contributed by atoms with Crippen molar-refractivity contribution in [2.45, 2.75) is 37.6 Å². The monoisotopic (exact) mass is 239 g/mol. The fraction of sp³-hybridized carbons (Fsp3) is 0.417. The molecule has 0 bridgehead atoms. The van der Waals surface area contributed by atoms with Gasteiger partial charge >= 0.3 is 0 Å². The Morgan fingerprint density at radius 3 is 2.75 bits per heavy atom. The minimum atomic E-state index is -3.34. The number of nitrogens with zero attached hydrogens (tertiary/aromatic N) is 1. The first-order chi connectivity index (χ1) is 7.67. The molecule has 1 aromatic heterocycles. The number of rotatable bonds is 6. The van der Waals surface area contributed by atoms with E-state index >= 15 is 0 Å². The van der Waals surface area contributed by atoms with Crippen LogP contribution in [0.2, 0.25) is 0 Å². The third-order valence-electron chi connectivity index (χ3n) is 2.18. The summed E-state index contributed by atoms with van der Waals surface area (Å²) in [7, 11) is -3.34. The largest absolute Gasteiger partial charge is 0.244 e. The summed E-state index contributed by atoms with van der Waals surface area (Å²) < 4.78 is 23.4. The van der Waals surface area contributed by atoms with Gasteiger partial charge in [-0.2, -0.15) is 0 Å². The highest BCUT2D eigenvalue weighted by Gasteiger charge is 2.09. The lowest BCUT2D eigenvalue weighted by atomic mass is 10.2. The summed E-state index contributed by atoms with van der Waals surface area (Å²) in [5.74, 6) is 0. The third kappa shape index (κ3) is 4.14. The first-order valence-electron chi connectivity index (χ1n) is 5.49. The Morgan fingerprint density at radius 2 is 2.12 bits per heavy atom. The zero-order chi connectivity index (χ0) is 11.9. The molecule has 0 unspecified atom stereocenters. The van der Waals surface area contributed by atoms with Crippen molar-refractivity contribution in [1.82, 2.24) is 4.98 Å². The molecule has 1 aromatic rings. The lowest BCUT2D eigenvalue weighted by Crippen LogP contribution is -1.98. The van der Waals surface area contributed by atoms with Crippen LogP contribution in [0.25, 0.3) is 0 Å². The Hall–Kier alpha value is -1.16. The average Bonchev–Trinajstić information content (AvgIpc) is 2.30. The average molecular weight is 239 g/mol. The molecule has 3 nitrogen and oxygen atoms in total. The van der Waals surface area contributed by atoms with E-state index in [0.29, 0.717) is 0 Å². The highest BCUT2D eigenvalue weighted by Crippen LogP contribution is 2.09. The first kappa shape index (κ1) is 12.9. The van der Waals surface area contributed by atoms with Gasteiger partial charge in [0, 0.05) is 11.6 Å². The maximum Gasteiger partial charge on any atom is 0.216 e. The van der Waals surface area contributed by atoms with Gasteiger partial charge in [-0.15, -0.1) is 0 Å². The van der Waals surface area contributed by atoms with Gasteiger partial charge in [0.05, 0.1) is 0 Å². The number of sulfone groups is 1. The number of aromatic nitrogens is 1. The normalized spacial score (nSPS) is 12.1. The van der Waals surface area contributed by atoms with E-state index in [4.69, 9.17) is 0 Å². The zero-order valence-corrected chi connectivity index (χ0v) is 10.3. The van der Waals surface area contributed by atoms with Crippen molar-refractivity contribution in [1.29, 1.82) is 0 Å². The molecule has 0 fully saturated rings. The van der Waals surface area contributed by atoms with Gasteiger partial charge in [0.15, 0.2) is 5.03 Å². The van der Waals surface area contributed by atoms with E-state index in [-0.39, 0.29) is 5.03 Å². The van der Waals surface area contributed by atoms with Crippen LogP contribution in [0.5, 0.6) is 0 Å². The van der Waals surface area contributed by atoms with Crippen LogP contribution in [0.3, 0.4) is 0 Å². The molecule has 0 N–H and O–H groups in total. The van der Waals surface area contributed by atoms with Crippen LogP contribution in [0.15, 0.2) is 40.9 Å². The third-order valence-corrected chi connectivity index (χ3v) is 3.55. The minimum Gasteiger partial charge on any atom is -0.244 e. The Labute approximate surface area is 97.1 Å². The van der Waals surface area contributed by atoms with Crippen molar-refractivity contribution in [2.75, 3.05) is 0 Å². The van der Waals surface area contributed by atoms with Crippen LogP contribution in [-0.2, 0) is 9.84 Å². The topological polar surface area (TPSA) is 47.0 Å². The summed E-state index contributed by atoms with van der Waals surface area (Å²) in [5.41, 5.74) is 0. The second-order valence-corrected chi connectivity index (χ2v) is 5.36. The van der Waals surface area contributed by atoms with Crippen LogP contribution < -0.4 is 0 Å². The van der Waals surface area contributed by atoms with Gasteiger partial charge in [0.25, 0.3) is 0 Å². The van der Waals surface area contributed by atoms with Crippen LogP contribution in [0.4, 0.5) is 0 Å². The second-order valence-electron chi connectivity index (χ2n) is 3.58. The van der Waals surface area contributed by atoms with E-state index in [1.165, 1.54) is 17.7 Å². The molecule has 0 radical (unpaired) electrons. The van der Waals surface area contributed by atoms with Crippen molar-refractivity contribution < 1.29 is 8.42 Å². The molecule has 0 atom stereocenters. The van der Waals surface area contributed by atoms with Crippen LogP contribution in [0.1, 0.15) is 32.6 Å². The van der Waals surface area contributed by atoms with Crippen LogP contribution in [0, 0.1) is 0 Å². The molecule has 4 heteroatoms. The number of unbranched alkanes of at least 4 members (excludes halogenated alkanes) is 3. The summed E-state index contributed by atoms with van der Waals surface area (Å²) in [5, 5.41) is 1.37. The maximum absolute atomic E-state index is 11.7. The fourth-order valence-corrected chi connectivity index (χ4v) is 2.30. The van der Waals surface area contributed by atoms with Crippen molar-refractivity contribution in [3.8, 4) is 0 Å². The molecule has 16 heavy (non-hydrogen) atoms. The van der Waals surface area contributed by atoms with E-state index in [2.05, 4.69) is 11.9 Å². The van der Waals surface area contributed by atoms with Gasteiger partial charge in [-0.05, 0) is 25.0 Å². The summed E-state index contributed by atoms with van der Waals surface area (Å²) in [6.45, 7) is 2.12. The van der Waals surface area contributed by atoms with Gasteiger partial charge in [0.2, 0.25) is 9.84 Å². The summed E-state index contributed by atoms with van der Waals surface area (Å²) >= 11 is 0. The molecule has 0 saturated carbocycles. The summed E-state index contributed by atoms with van der Waals surface area (Å²) in [4.78, 5) is 3.83. The van der Waals surface area contributed by atoms with Gasteiger partial charge in [-0.3, -0.25) is 0 Å². The minimum absolute atomic E-state index is 0.113. The summed E-state index contributed by atoms with van der Waals surface area (Å²) in [6.07, 6.45) is 7.30. The molecular formula is C12H17NO2S. The SMILES string of the molecule is CCCCC/C=C/S(=O)(=O)c1ccccn1. The van der Waals surface area contributed by atoms with Gasteiger partial charge in [0.1, 0.15) is 0 Å². The van der Waals surface area contributed by atoms with E-state index in [9.17, 15) is 8.42 Å². The molecule has 0 aliphatic heterocycles. The Bertz CT molecular complexity index is 424. The van der Waals surface area contributed by atoms with E-state index < -0.39 is 9.84 Å². The predicted octanol–water partition coefficient (Wildman–Crippen LogP) is 2.95. The summed E-state index contributed by atoms with van der Waals surface area (Å²) in [6, 6.07) is 4.88. The molecule has 0 amide bonds. The first-order valence-corrected chi connectivity index (χ1v) is 7.04. The Morgan fingerprint density at radius 1 is 1.31 bits per heavy atom. The van der Waals surface area contributed by atoms with Crippen LogP contribution >= 0.6 is 0 Å². The maximum atomic E-state index is 11.7. The van der Waals surface area contributed by atoms with Crippen molar-refractivity contribution in [3.63, 3.8) is 0 Å². The molecule has 0 saturated heterocycles. The number of pyridine rings is 1. The van der Waals surface area contributed by atoms with Crippen LogP contribution in [-0.4, -0.2) is 13.4 Å². The molecule has 0 aliphatic rings. The Balaban J connectivity index is 2.59. The van der Waals surface area contributed by atoms with Gasteiger partial charge in [-0.1, -0.05) is 31.9 Å². The molecule has 1 heterocycles. The van der Waals surface area contributed by atoms with Crippen molar-refractivity contribution in [3.05, 3.63) is 35.9 Å². The van der Waals surface area contributed by atoms with Crippen molar-refractivity contribution in [2.24, 2.45) is 0 Å². The molecule has 0 aromatic carbocycles. The number of hydrogen-bond donors (Lipinski definition) is 0. The van der Waals surface area contributed by atoms with E-state index in [0.717, 1.165) is 25.7 Å². The van der Waals surface area contributed by atoms with Crippen molar-refractivity contribution >= 4 is 9.84 Å². The highest BCUT2D eigenvalue weighted by molar-refractivity contribution is 7.94. The molecule has 0 spiro atoms. The molecule has 88 valence electrons. The second kappa shape index (κ2) is 6.43.